The lowest BCUT2D eigenvalue weighted by molar-refractivity contribution is -0.248. The van der Waals surface area contributed by atoms with Crippen molar-refractivity contribution < 1.29 is 27.3 Å². The molecule has 0 spiro atoms. The second-order valence-electron chi connectivity index (χ2n) is 2.12. The predicted octanol–water partition coefficient (Wildman–Crippen LogP) is -0.0685. The van der Waals surface area contributed by atoms with Gasteiger partial charge in [-0.15, -0.1) is 0 Å². The zero-order chi connectivity index (χ0) is 8.91. The Kier molecular flexibility index (Phi) is 4.54. The van der Waals surface area contributed by atoms with E-state index in [0.717, 1.165) is 13.2 Å². The highest BCUT2D eigenvalue weighted by atomic mass is 32.3. The van der Waals surface area contributed by atoms with Gasteiger partial charge in [-0.2, -0.15) is 8.42 Å². The molecule has 1 saturated heterocycles. The van der Waals surface area contributed by atoms with Crippen molar-refractivity contribution in [3.8, 4) is 0 Å². The molecule has 1 aliphatic rings. The molecule has 0 aliphatic carbocycles. The molecule has 0 amide bonds. The van der Waals surface area contributed by atoms with Crippen molar-refractivity contribution in [2.75, 3.05) is 13.2 Å². The zero-order valence-corrected chi connectivity index (χ0v) is 6.74. The third-order valence-electron chi connectivity index (χ3n) is 0.788. The van der Waals surface area contributed by atoms with E-state index >= 15 is 0 Å². The van der Waals surface area contributed by atoms with Gasteiger partial charge in [-0.3, -0.25) is 9.11 Å². The van der Waals surface area contributed by atoms with Gasteiger partial charge in [-0.1, -0.05) is 6.92 Å². The molecular weight excluding hydrogens is 176 g/mol. The van der Waals surface area contributed by atoms with E-state index in [-0.39, 0.29) is 0 Å². The highest BCUT2D eigenvalue weighted by Gasteiger charge is 2.09. The van der Waals surface area contributed by atoms with Crippen molar-refractivity contribution in [3.05, 3.63) is 0 Å². The smallest absolute Gasteiger partial charge is 0.264 e. The summed E-state index contributed by atoms with van der Waals surface area (Å²) in [6.07, 6.45) is 0. The molecule has 1 aliphatic heterocycles. The van der Waals surface area contributed by atoms with Crippen molar-refractivity contribution in [1.82, 2.24) is 0 Å². The van der Waals surface area contributed by atoms with E-state index in [0.29, 0.717) is 5.92 Å². The summed E-state index contributed by atoms with van der Waals surface area (Å²) in [5.41, 5.74) is 0. The molecule has 7 heteroatoms. The Bertz CT molecular complexity index is 171. The minimum atomic E-state index is -4.67. The average molecular weight is 186 g/mol. The first kappa shape index (κ1) is 10.8. The van der Waals surface area contributed by atoms with Crippen LogP contribution in [0.2, 0.25) is 0 Å². The van der Waals surface area contributed by atoms with Gasteiger partial charge >= 0.3 is 10.4 Å². The first-order valence-electron chi connectivity index (χ1n) is 2.84. The summed E-state index contributed by atoms with van der Waals surface area (Å²) in [6.45, 7) is 3.62. The van der Waals surface area contributed by atoms with Crippen LogP contribution >= 0.6 is 0 Å². The molecule has 0 saturated carbocycles. The van der Waals surface area contributed by atoms with E-state index in [1.807, 2.05) is 0 Å². The summed E-state index contributed by atoms with van der Waals surface area (Å²) in [5.74, 6) is 0.602. The van der Waals surface area contributed by atoms with Gasteiger partial charge in [0, 0.05) is 5.92 Å². The Morgan fingerprint density at radius 2 is 1.55 bits per heavy atom. The van der Waals surface area contributed by atoms with Crippen LogP contribution in [-0.2, 0) is 20.2 Å². The molecule has 0 unspecified atom stereocenters. The Hall–Kier alpha value is -0.210. The maximum Gasteiger partial charge on any atom is 0.394 e. The zero-order valence-electron chi connectivity index (χ0n) is 5.93. The van der Waals surface area contributed by atoms with E-state index in [1.165, 1.54) is 0 Å². The van der Waals surface area contributed by atoms with Crippen molar-refractivity contribution >= 4 is 10.4 Å². The highest BCUT2D eigenvalue weighted by molar-refractivity contribution is 7.79. The predicted molar refractivity (Wildman–Crippen MR) is 35.2 cm³/mol. The van der Waals surface area contributed by atoms with Crippen molar-refractivity contribution in [2.45, 2.75) is 6.92 Å². The lowest BCUT2D eigenvalue weighted by atomic mass is 10.2. The van der Waals surface area contributed by atoms with Gasteiger partial charge in [-0.05, 0) is 0 Å². The fourth-order valence-corrected chi connectivity index (χ4v) is 0.377. The second kappa shape index (κ2) is 4.62. The molecule has 6 nitrogen and oxygen atoms in total. The largest absolute Gasteiger partial charge is 0.394 e. The summed E-state index contributed by atoms with van der Waals surface area (Å²) < 4.78 is 31.6. The van der Waals surface area contributed by atoms with Crippen LogP contribution in [0, 0.1) is 5.92 Å². The number of rotatable bonds is 0. The quantitative estimate of drug-likeness (QED) is 0.406. The van der Waals surface area contributed by atoms with Crippen LogP contribution in [-0.4, -0.2) is 30.7 Å². The number of hydrogen-bond acceptors (Lipinski definition) is 4. The monoisotopic (exact) mass is 186 g/mol. The lowest BCUT2D eigenvalue weighted by Gasteiger charge is -1.84. The van der Waals surface area contributed by atoms with Gasteiger partial charge in [-0.25, -0.2) is 9.78 Å². The molecular formula is C4H10O6S. The molecule has 11 heavy (non-hydrogen) atoms. The molecule has 0 atom stereocenters. The van der Waals surface area contributed by atoms with Crippen LogP contribution in [0.5, 0.6) is 0 Å². The highest BCUT2D eigenvalue weighted by Crippen LogP contribution is 2.04. The summed E-state index contributed by atoms with van der Waals surface area (Å²) in [5, 5.41) is 0. The van der Waals surface area contributed by atoms with Crippen molar-refractivity contribution in [1.29, 1.82) is 0 Å². The third-order valence-corrected chi connectivity index (χ3v) is 0.788. The summed E-state index contributed by atoms with van der Waals surface area (Å²) in [7, 11) is -4.67. The van der Waals surface area contributed by atoms with Gasteiger partial charge < -0.3 is 0 Å². The topological polar surface area (TPSA) is 93.1 Å². The Balaban J connectivity index is 0.000000187. The van der Waals surface area contributed by atoms with Gasteiger partial charge in [0.15, 0.2) is 0 Å². The molecule has 1 rings (SSSR count). The first-order valence-corrected chi connectivity index (χ1v) is 4.23. The minimum absolute atomic E-state index is 0.602. The third kappa shape index (κ3) is 12.9. The standard InChI is InChI=1S/C4H8O2.H2O4S/c1-4-2-5-6-3-4;1-5(2,3)4/h4H,2-3H2,1H3;(H2,1,2,3,4). The van der Waals surface area contributed by atoms with Crippen molar-refractivity contribution in [3.63, 3.8) is 0 Å². The SMILES string of the molecule is CC1COOC1.O=S(=O)(O)O. The summed E-state index contributed by atoms with van der Waals surface area (Å²) >= 11 is 0. The molecule has 68 valence electrons. The van der Waals surface area contributed by atoms with Crippen LogP contribution in [0.1, 0.15) is 6.92 Å². The molecule has 0 aromatic carbocycles. The Labute approximate surface area is 64.6 Å². The molecule has 0 radical (unpaired) electrons. The van der Waals surface area contributed by atoms with Crippen LogP contribution in [0.3, 0.4) is 0 Å². The molecule has 1 fully saturated rings. The Morgan fingerprint density at radius 1 is 1.27 bits per heavy atom. The van der Waals surface area contributed by atoms with Gasteiger partial charge in [0.25, 0.3) is 0 Å². The normalized spacial score (nSPS) is 19.2. The summed E-state index contributed by atoms with van der Waals surface area (Å²) in [4.78, 5) is 9.11. The summed E-state index contributed by atoms with van der Waals surface area (Å²) in [6, 6.07) is 0. The molecule has 1 heterocycles. The van der Waals surface area contributed by atoms with E-state index in [4.69, 9.17) is 17.5 Å². The molecule has 0 aromatic rings. The van der Waals surface area contributed by atoms with E-state index < -0.39 is 10.4 Å². The maximum absolute atomic E-state index is 8.74. The fourth-order valence-electron chi connectivity index (χ4n) is 0.377. The van der Waals surface area contributed by atoms with Crippen LogP contribution < -0.4 is 0 Å². The lowest BCUT2D eigenvalue weighted by Crippen LogP contribution is -1.93. The number of hydrogen-bond donors (Lipinski definition) is 2. The molecule has 0 bridgehead atoms. The maximum atomic E-state index is 8.74. The van der Waals surface area contributed by atoms with Gasteiger partial charge in [0.05, 0.1) is 13.2 Å². The average Bonchev–Trinajstić information content (AvgIpc) is 2.12. The van der Waals surface area contributed by atoms with Crippen LogP contribution in [0.4, 0.5) is 0 Å². The van der Waals surface area contributed by atoms with E-state index in [1.54, 1.807) is 0 Å². The van der Waals surface area contributed by atoms with Gasteiger partial charge in [0.2, 0.25) is 0 Å². The second-order valence-corrected chi connectivity index (χ2v) is 3.02. The fraction of sp³-hybridized carbons (Fsp3) is 1.00. The van der Waals surface area contributed by atoms with Crippen LogP contribution in [0.25, 0.3) is 0 Å². The van der Waals surface area contributed by atoms with E-state index in [9.17, 15) is 0 Å². The first-order chi connectivity index (χ1) is 4.89. The molecule has 2 N–H and O–H groups in total. The molecule has 0 aromatic heterocycles. The van der Waals surface area contributed by atoms with Crippen LogP contribution in [0.15, 0.2) is 0 Å². The minimum Gasteiger partial charge on any atom is -0.264 e. The van der Waals surface area contributed by atoms with Crippen molar-refractivity contribution in [2.24, 2.45) is 5.92 Å². The van der Waals surface area contributed by atoms with E-state index in [2.05, 4.69) is 16.7 Å². The Morgan fingerprint density at radius 3 is 1.64 bits per heavy atom. The van der Waals surface area contributed by atoms with Gasteiger partial charge in [0.1, 0.15) is 0 Å².